The smallest absolute Gasteiger partial charge is 0.395 e. The van der Waals surface area contributed by atoms with Crippen molar-refractivity contribution in [3.8, 4) is 0 Å². The topological polar surface area (TPSA) is 20.2 Å². The molecule has 1 aromatic carbocycles. The van der Waals surface area contributed by atoms with Crippen molar-refractivity contribution in [3.05, 3.63) is 35.4 Å². The number of hydrogen-bond acceptors (Lipinski definition) is 1. The van der Waals surface area contributed by atoms with Crippen LogP contribution in [0.25, 0.3) is 0 Å². The van der Waals surface area contributed by atoms with Gasteiger partial charge in [-0.15, -0.1) is 0 Å². The maximum atomic E-state index is 12.7. The third-order valence-corrected chi connectivity index (χ3v) is 2.96. The summed E-state index contributed by atoms with van der Waals surface area (Å²) in [6.07, 6.45) is -3.06. The Morgan fingerprint density at radius 1 is 1.20 bits per heavy atom. The Labute approximate surface area is 85.5 Å². The van der Waals surface area contributed by atoms with Crippen LogP contribution in [0.4, 0.5) is 13.2 Å². The molecule has 0 aromatic heterocycles. The van der Waals surface area contributed by atoms with Gasteiger partial charge in [0.2, 0.25) is 0 Å². The molecule has 1 nitrogen and oxygen atoms in total. The monoisotopic (exact) mass is 216 g/mol. The Hall–Kier alpha value is -1.03. The number of hydrogen-bond donors (Lipinski definition) is 1. The summed E-state index contributed by atoms with van der Waals surface area (Å²) in [4.78, 5) is 0. The first kappa shape index (κ1) is 10.5. The third kappa shape index (κ3) is 1.74. The fraction of sp³-hybridized carbons (Fsp3) is 0.455. The number of halogens is 3. The molecule has 1 fully saturated rings. The molecule has 1 aliphatic carbocycles. The van der Waals surface area contributed by atoms with Crippen LogP contribution in [0.2, 0.25) is 0 Å². The molecule has 0 heterocycles. The second-order valence-corrected chi connectivity index (χ2v) is 3.98. The van der Waals surface area contributed by atoms with E-state index in [-0.39, 0.29) is 12.2 Å². The van der Waals surface area contributed by atoms with Gasteiger partial charge in [-0.1, -0.05) is 18.2 Å². The maximum Gasteiger partial charge on any atom is 0.416 e. The van der Waals surface area contributed by atoms with Gasteiger partial charge in [0.05, 0.1) is 12.2 Å². The number of aliphatic hydroxyl groups excluding tert-OH is 1. The molecule has 82 valence electrons. The van der Waals surface area contributed by atoms with Gasteiger partial charge in [-0.25, -0.2) is 0 Å². The molecule has 0 saturated heterocycles. The highest BCUT2D eigenvalue weighted by atomic mass is 19.4. The summed E-state index contributed by atoms with van der Waals surface area (Å²) in [6.45, 7) is -0.208. The molecule has 1 saturated carbocycles. The van der Waals surface area contributed by atoms with Gasteiger partial charge >= 0.3 is 6.18 Å². The van der Waals surface area contributed by atoms with Gasteiger partial charge in [-0.05, 0) is 24.5 Å². The van der Waals surface area contributed by atoms with Crippen LogP contribution < -0.4 is 0 Å². The van der Waals surface area contributed by atoms with Gasteiger partial charge in [-0.2, -0.15) is 13.2 Å². The Morgan fingerprint density at radius 2 is 1.80 bits per heavy atom. The third-order valence-electron chi connectivity index (χ3n) is 2.96. The van der Waals surface area contributed by atoms with Crippen LogP contribution in [0.15, 0.2) is 24.3 Å². The van der Waals surface area contributed by atoms with Crippen molar-refractivity contribution in [1.82, 2.24) is 0 Å². The Kier molecular flexibility index (Phi) is 2.26. The average Bonchev–Trinajstić information content (AvgIpc) is 2.97. The van der Waals surface area contributed by atoms with Crippen molar-refractivity contribution < 1.29 is 18.3 Å². The van der Waals surface area contributed by atoms with Crippen molar-refractivity contribution in [1.29, 1.82) is 0 Å². The van der Waals surface area contributed by atoms with Crippen LogP contribution in [0, 0.1) is 0 Å². The fourth-order valence-corrected chi connectivity index (χ4v) is 1.86. The van der Waals surface area contributed by atoms with Crippen LogP contribution in [0.3, 0.4) is 0 Å². The van der Waals surface area contributed by atoms with E-state index in [1.165, 1.54) is 12.1 Å². The summed E-state index contributed by atoms with van der Waals surface area (Å²) in [5.74, 6) is 0. The van der Waals surface area contributed by atoms with Crippen molar-refractivity contribution in [2.45, 2.75) is 24.4 Å². The molecular formula is C11H11F3O. The lowest BCUT2D eigenvalue weighted by Crippen LogP contribution is -2.19. The first-order valence-electron chi connectivity index (χ1n) is 4.77. The van der Waals surface area contributed by atoms with Crippen molar-refractivity contribution in [2.24, 2.45) is 0 Å². The van der Waals surface area contributed by atoms with E-state index >= 15 is 0 Å². The summed E-state index contributed by atoms with van der Waals surface area (Å²) in [5.41, 5.74) is -1.01. The summed E-state index contributed by atoms with van der Waals surface area (Å²) in [7, 11) is 0. The minimum absolute atomic E-state index is 0.208. The summed E-state index contributed by atoms with van der Waals surface area (Å²) < 4.78 is 38.0. The van der Waals surface area contributed by atoms with Crippen LogP contribution >= 0.6 is 0 Å². The van der Waals surface area contributed by atoms with Gasteiger partial charge < -0.3 is 5.11 Å². The molecule has 0 atom stereocenters. The van der Waals surface area contributed by atoms with Gasteiger partial charge in [0.25, 0.3) is 0 Å². The van der Waals surface area contributed by atoms with E-state index in [2.05, 4.69) is 0 Å². The Morgan fingerprint density at radius 3 is 2.27 bits per heavy atom. The number of aliphatic hydroxyl groups is 1. The molecule has 15 heavy (non-hydrogen) atoms. The van der Waals surface area contributed by atoms with Gasteiger partial charge in [0, 0.05) is 5.41 Å². The van der Waals surface area contributed by atoms with E-state index in [1.54, 1.807) is 6.07 Å². The molecule has 0 spiro atoms. The molecule has 4 heteroatoms. The highest BCUT2D eigenvalue weighted by Gasteiger charge is 2.48. The van der Waals surface area contributed by atoms with E-state index in [9.17, 15) is 13.2 Å². The zero-order chi connectivity index (χ0) is 11.1. The molecule has 0 unspecified atom stereocenters. The fourth-order valence-electron chi connectivity index (χ4n) is 1.86. The van der Waals surface area contributed by atoms with E-state index in [0.717, 1.165) is 6.07 Å². The lowest BCUT2D eigenvalue weighted by atomic mass is 9.92. The van der Waals surface area contributed by atoms with E-state index in [0.29, 0.717) is 12.8 Å². The highest BCUT2D eigenvalue weighted by molar-refractivity contribution is 5.40. The molecule has 0 aliphatic heterocycles. The Balaban J connectivity index is 2.48. The average molecular weight is 216 g/mol. The highest BCUT2D eigenvalue weighted by Crippen LogP contribution is 2.51. The Bertz CT molecular complexity index is 366. The molecule has 1 N–H and O–H groups in total. The van der Waals surface area contributed by atoms with Gasteiger partial charge in [-0.3, -0.25) is 0 Å². The molecule has 2 rings (SSSR count). The zero-order valence-electron chi connectivity index (χ0n) is 8.01. The first-order chi connectivity index (χ1) is 6.99. The molecule has 1 aromatic rings. The summed E-state index contributed by atoms with van der Waals surface area (Å²) in [5, 5.41) is 9.13. The van der Waals surface area contributed by atoms with Crippen LogP contribution in [-0.4, -0.2) is 11.7 Å². The van der Waals surface area contributed by atoms with Crippen LogP contribution in [-0.2, 0) is 11.6 Å². The minimum Gasteiger partial charge on any atom is -0.395 e. The quantitative estimate of drug-likeness (QED) is 0.805. The summed E-state index contributed by atoms with van der Waals surface area (Å²) in [6, 6.07) is 5.50. The predicted octanol–water partition coefficient (Wildman–Crippen LogP) is 2.73. The number of alkyl halides is 3. The summed E-state index contributed by atoms with van der Waals surface area (Å²) >= 11 is 0. The lowest BCUT2D eigenvalue weighted by Gasteiger charge is -2.18. The van der Waals surface area contributed by atoms with E-state index in [4.69, 9.17) is 5.11 Å². The van der Waals surface area contributed by atoms with Crippen LogP contribution in [0.1, 0.15) is 24.0 Å². The molecule has 0 amide bonds. The van der Waals surface area contributed by atoms with Crippen LogP contribution in [0.5, 0.6) is 0 Å². The predicted molar refractivity (Wildman–Crippen MR) is 49.4 cm³/mol. The molecule has 1 aliphatic rings. The standard InChI is InChI=1S/C11H11F3O/c12-11(13,14)9-4-2-1-3-8(9)10(7-15)5-6-10/h1-4,15H,5-7H2. The van der Waals surface area contributed by atoms with Crippen molar-refractivity contribution in [2.75, 3.05) is 6.61 Å². The van der Waals surface area contributed by atoms with Crippen molar-refractivity contribution >= 4 is 0 Å². The maximum absolute atomic E-state index is 12.7. The number of rotatable bonds is 2. The normalized spacial score (nSPS) is 18.9. The lowest BCUT2D eigenvalue weighted by molar-refractivity contribution is -0.138. The van der Waals surface area contributed by atoms with Crippen molar-refractivity contribution in [3.63, 3.8) is 0 Å². The minimum atomic E-state index is -4.33. The van der Waals surface area contributed by atoms with Gasteiger partial charge in [0.15, 0.2) is 0 Å². The zero-order valence-corrected chi connectivity index (χ0v) is 8.01. The SMILES string of the molecule is OCC1(c2ccccc2C(F)(F)F)CC1. The first-order valence-corrected chi connectivity index (χ1v) is 4.77. The second kappa shape index (κ2) is 3.23. The second-order valence-electron chi connectivity index (χ2n) is 3.98. The van der Waals surface area contributed by atoms with E-state index < -0.39 is 17.2 Å². The van der Waals surface area contributed by atoms with E-state index in [1.807, 2.05) is 0 Å². The molecular weight excluding hydrogens is 205 g/mol. The molecule has 0 bridgehead atoms. The molecule has 0 radical (unpaired) electrons. The largest absolute Gasteiger partial charge is 0.416 e. The number of benzene rings is 1. The van der Waals surface area contributed by atoms with Gasteiger partial charge in [0.1, 0.15) is 0 Å².